The number of nitrogens with two attached hydrogens (primary N) is 1. The maximum atomic E-state index is 12.1. The lowest BCUT2D eigenvalue weighted by atomic mass is 10.2. The minimum Gasteiger partial charge on any atom is -0.398 e. The summed E-state index contributed by atoms with van der Waals surface area (Å²) in [6.07, 6.45) is 0. The van der Waals surface area contributed by atoms with Crippen LogP contribution in [0.25, 0.3) is 0 Å². The van der Waals surface area contributed by atoms with Gasteiger partial charge in [0, 0.05) is 22.3 Å². The molecule has 2 rings (SSSR count). The Hall–Kier alpha value is -1.85. The number of benzene rings is 1. The second-order valence-electron chi connectivity index (χ2n) is 5.23. The molecule has 2 aromatic rings. The minimum atomic E-state index is -0.0378. The lowest BCUT2D eigenvalue weighted by Crippen LogP contribution is -2.31. The molecule has 4 nitrogen and oxygen atoms in total. The Morgan fingerprint density at radius 2 is 2.19 bits per heavy atom. The summed E-state index contributed by atoms with van der Waals surface area (Å²) in [5.41, 5.74) is 8.28. The first-order valence-electron chi connectivity index (χ1n) is 6.87. The highest BCUT2D eigenvalue weighted by molar-refractivity contribution is 7.10. The highest BCUT2D eigenvalue weighted by Gasteiger charge is 2.15. The number of hydrogen-bond acceptors (Lipinski definition) is 4. The van der Waals surface area contributed by atoms with Gasteiger partial charge < -0.3 is 11.1 Å². The maximum absolute atomic E-state index is 12.1. The first-order chi connectivity index (χ1) is 9.97. The van der Waals surface area contributed by atoms with Gasteiger partial charge in [-0.15, -0.1) is 11.3 Å². The first kappa shape index (κ1) is 15.5. The quantitative estimate of drug-likeness (QED) is 0.833. The summed E-state index contributed by atoms with van der Waals surface area (Å²) in [5, 5.41) is 4.93. The third-order valence-electron chi connectivity index (χ3n) is 3.57. The van der Waals surface area contributed by atoms with Gasteiger partial charge in [-0.05, 0) is 50.0 Å². The van der Waals surface area contributed by atoms with Crippen molar-refractivity contribution in [3.63, 3.8) is 0 Å². The van der Waals surface area contributed by atoms with Crippen molar-refractivity contribution in [2.45, 2.75) is 19.9 Å². The van der Waals surface area contributed by atoms with E-state index < -0.39 is 0 Å². The van der Waals surface area contributed by atoms with E-state index in [4.69, 9.17) is 5.73 Å². The van der Waals surface area contributed by atoms with Gasteiger partial charge >= 0.3 is 0 Å². The van der Waals surface area contributed by atoms with Gasteiger partial charge in [0.15, 0.2) is 0 Å². The monoisotopic (exact) mass is 303 g/mol. The van der Waals surface area contributed by atoms with E-state index in [1.807, 2.05) is 37.1 Å². The second-order valence-corrected chi connectivity index (χ2v) is 6.21. The Morgan fingerprint density at radius 3 is 2.81 bits per heavy atom. The number of likely N-dealkylation sites (N-methyl/N-ethyl adjacent to an activating group) is 1. The summed E-state index contributed by atoms with van der Waals surface area (Å²) in [6.45, 7) is 4.38. The number of nitrogen functional groups attached to an aromatic ring is 1. The van der Waals surface area contributed by atoms with E-state index in [0.29, 0.717) is 12.2 Å². The third kappa shape index (κ3) is 4.06. The molecule has 1 atom stereocenters. The molecule has 0 radical (unpaired) electrons. The molecule has 112 valence electrons. The summed E-state index contributed by atoms with van der Waals surface area (Å²) in [4.78, 5) is 15.4. The summed E-state index contributed by atoms with van der Waals surface area (Å²) in [6, 6.07) is 9.90. The van der Waals surface area contributed by atoms with Gasteiger partial charge in [-0.1, -0.05) is 12.1 Å². The standard InChI is InChI=1S/C16H21N3OS/c1-11-6-7-13(9-14(11)17)18-16(20)10-19(3)12(2)15-5-4-8-21-15/h4-9,12H,10,17H2,1-3H3,(H,18,20). The Labute approximate surface area is 129 Å². The van der Waals surface area contributed by atoms with E-state index in [2.05, 4.69) is 23.7 Å². The van der Waals surface area contributed by atoms with Gasteiger partial charge in [-0.2, -0.15) is 0 Å². The van der Waals surface area contributed by atoms with Crippen molar-refractivity contribution in [2.24, 2.45) is 0 Å². The van der Waals surface area contributed by atoms with Crippen molar-refractivity contribution in [1.82, 2.24) is 4.90 Å². The normalized spacial score (nSPS) is 12.4. The van der Waals surface area contributed by atoms with E-state index in [0.717, 1.165) is 11.3 Å². The molecule has 21 heavy (non-hydrogen) atoms. The Kier molecular flexibility index (Phi) is 4.98. The molecule has 1 aromatic carbocycles. The van der Waals surface area contributed by atoms with Gasteiger partial charge in [-0.25, -0.2) is 0 Å². The van der Waals surface area contributed by atoms with E-state index in [9.17, 15) is 4.79 Å². The van der Waals surface area contributed by atoms with Crippen LogP contribution >= 0.6 is 11.3 Å². The van der Waals surface area contributed by atoms with Crippen molar-refractivity contribution in [3.8, 4) is 0 Å². The lowest BCUT2D eigenvalue weighted by molar-refractivity contribution is -0.117. The zero-order valence-electron chi connectivity index (χ0n) is 12.6. The molecule has 0 aliphatic rings. The molecule has 5 heteroatoms. The molecule has 0 saturated carbocycles. The topological polar surface area (TPSA) is 58.4 Å². The Balaban J connectivity index is 1.93. The van der Waals surface area contributed by atoms with Crippen LogP contribution in [-0.4, -0.2) is 24.4 Å². The van der Waals surface area contributed by atoms with Crippen LogP contribution in [0.2, 0.25) is 0 Å². The fourth-order valence-corrected chi connectivity index (χ4v) is 2.88. The van der Waals surface area contributed by atoms with Crippen molar-refractivity contribution >= 4 is 28.6 Å². The predicted molar refractivity (Wildman–Crippen MR) is 89.6 cm³/mol. The smallest absolute Gasteiger partial charge is 0.238 e. The van der Waals surface area contributed by atoms with Crippen LogP contribution in [0, 0.1) is 6.92 Å². The van der Waals surface area contributed by atoms with Crippen LogP contribution in [-0.2, 0) is 4.79 Å². The molecule has 1 unspecified atom stereocenters. The minimum absolute atomic E-state index is 0.0378. The van der Waals surface area contributed by atoms with Crippen molar-refractivity contribution in [3.05, 3.63) is 46.2 Å². The molecule has 0 aliphatic carbocycles. The number of aryl methyl sites for hydroxylation is 1. The molecule has 1 amide bonds. The maximum Gasteiger partial charge on any atom is 0.238 e. The zero-order valence-corrected chi connectivity index (χ0v) is 13.4. The van der Waals surface area contributed by atoms with Crippen LogP contribution in [0.3, 0.4) is 0 Å². The third-order valence-corrected chi connectivity index (χ3v) is 4.61. The van der Waals surface area contributed by atoms with Crippen LogP contribution in [0.1, 0.15) is 23.4 Å². The zero-order chi connectivity index (χ0) is 15.4. The largest absolute Gasteiger partial charge is 0.398 e. The van der Waals surface area contributed by atoms with Crippen molar-refractivity contribution in [2.75, 3.05) is 24.6 Å². The van der Waals surface area contributed by atoms with Gasteiger partial charge in [0.2, 0.25) is 5.91 Å². The molecule has 1 heterocycles. The number of carbonyl (C=O) groups is 1. The van der Waals surface area contributed by atoms with E-state index in [1.165, 1.54) is 4.88 Å². The Bertz CT molecular complexity index is 610. The van der Waals surface area contributed by atoms with E-state index >= 15 is 0 Å². The van der Waals surface area contributed by atoms with Crippen LogP contribution in [0.5, 0.6) is 0 Å². The van der Waals surface area contributed by atoms with Gasteiger partial charge in [0.1, 0.15) is 0 Å². The number of nitrogens with one attached hydrogen (secondary N) is 1. The SMILES string of the molecule is Cc1ccc(NC(=O)CN(C)C(C)c2cccs2)cc1N. The molecular weight excluding hydrogens is 282 g/mol. The first-order valence-corrected chi connectivity index (χ1v) is 7.75. The number of hydrogen-bond donors (Lipinski definition) is 2. The molecule has 0 bridgehead atoms. The Morgan fingerprint density at radius 1 is 1.43 bits per heavy atom. The molecule has 3 N–H and O–H groups in total. The van der Waals surface area contributed by atoms with Crippen LogP contribution in [0.15, 0.2) is 35.7 Å². The van der Waals surface area contributed by atoms with Crippen LogP contribution < -0.4 is 11.1 Å². The predicted octanol–water partition coefficient (Wildman–Crippen LogP) is 3.27. The second kappa shape index (κ2) is 6.74. The molecule has 0 fully saturated rings. The number of rotatable bonds is 5. The summed E-state index contributed by atoms with van der Waals surface area (Å²) in [7, 11) is 1.95. The average molecular weight is 303 g/mol. The number of carbonyl (C=O) groups excluding carboxylic acids is 1. The van der Waals surface area contributed by atoms with Crippen molar-refractivity contribution in [1.29, 1.82) is 0 Å². The number of anilines is 2. The van der Waals surface area contributed by atoms with Gasteiger partial charge in [0.05, 0.1) is 6.54 Å². The number of nitrogens with zero attached hydrogens (tertiary/aromatic N) is 1. The number of amides is 1. The average Bonchev–Trinajstić information content (AvgIpc) is 2.96. The fraction of sp³-hybridized carbons (Fsp3) is 0.312. The van der Waals surface area contributed by atoms with Gasteiger partial charge in [0.25, 0.3) is 0 Å². The summed E-state index contributed by atoms with van der Waals surface area (Å²) < 4.78 is 0. The van der Waals surface area contributed by atoms with Gasteiger partial charge in [-0.3, -0.25) is 9.69 Å². The highest BCUT2D eigenvalue weighted by Crippen LogP contribution is 2.23. The number of thiophene rings is 1. The van der Waals surface area contributed by atoms with Crippen molar-refractivity contribution < 1.29 is 4.79 Å². The molecule has 0 spiro atoms. The van der Waals surface area contributed by atoms with E-state index in [1.54, 1.807) is 17.4 Å². The molecule has 0 aliphatic heterocycles. The van der Waals surface area contributed by atoms with E-state index in [-0.39, 0.29) is 11.9 Å². The fourth-order valence-electron chi connectivity index (χ4n) is 2.03. The highest BCUT2D eigenvalue weighted by atomic mass is 32.1. The summed E-state index contributed by atoms with van der Waals surface area (Å²) >= 11 is 1.70. The summed E-state index contributed by atoms with van der Waals surface area (Å²) in [5.74, 6) is -0.0378. The van der Waals surface area contributed by atoms with Crippen LogP contribution in [0.4, 0.5) is 11.4 Å². The molecule has 1 aromatic heterocycles. The lowest BCUT2D eigenvalue weighted by Gasteiger charge is -2.23. The molecule has 0 saturated heterocycles. The molecular formula is C16H21N3OS.